The molecule has 82 valence electrons. The van der Waals surface area contributed by atoms with Gasteiger partial charge in [0.25, 0.3) is 5.69 Å². The molecule has 0 fully saturated rings. The Hall–Kier alpha value is -0.930. The fourth-order valence-corrected chi connectivity index (χ4v) is 1.38. The van der Waals surface area contributed by atoms with Gasteiger partial charge in [-0.3, -0.25) is 10.1 Å². The van der Waals surface area contributed by atoms with Crippen molar-refractivity contribution in [1.82, 2.24) is 0 Å². The van der Waals surface area contributed by atoms with Crippen LogP contribution in [0.25, 0.3) is 0 Å². The van der Waals surface area contributed by atoms with Crippen LogP contribution in [0.5, 0.6) is 0 Å². The van der Waals surface area contributed by atoms with E-state index in [-0.39, 0.29) is 6.07 Å². The lowest BCUT2D eigenvalue weighted by Gasteiger charge is -2.07. The molecule has 0 aromatic heterocycles. The van der Waals surface area contributed by atoms with Gasteiger partial charge in [-0.15, -0.1) is 0 Å². The highest BCUT2D eigenvalue weighted by Gasteiger charge is 2.34. The quantitative estimate of drug-likeness (QED) is 0.342. The van der Waals surface area contributed by atoms with E-state index >= 15 is 0 Å². The third-order valence-electron chi connectivity index (χ3n) is 1.53. The van der Waals surface area contributed by atoms with E-state index in [0.29, 0.717) is 6.07 Å². The van der Waals surface area contributed by atoms with Crippen LogP contribution in [-0.2, 0) is 6.18 Å². The van der Waals surface area contributed by atoms with E-state index in [4.69, 9.17) is 0 Å². The fraction of sp³-hybridized carbons (Fsp3) is 0.143. The van der Waals surface area contributed by atoms with Crippen molar-refractivity contribution in [2.75, 3.05) is 0 Å². The van der Waals surface area contributed by atoms with Gasteiger partial charge >= 0.3 is 6.18 Å². The van der Waals surface area contributed by atoms with E-state index in [1.165, 1.54) is 22.6 Å². The first-order chi connectivity index (χ1) is 6.73. The van der Waals surface area contributed by atoms with Crippen LogP contribution < -0.4 is 0 Å². The Kier molecular flexibility index (Phi) is 3.16. The van der Waals surface area contributed by atoms with Gasteiger partial charge in [-0.05, 0) is 28.7 Å². The van der Waals surface area contributed by atoms with Crippen LogP contribution >= 0.6 is 22.6 Å². The van der Waals surface area contributed by atoms with Crippen LogP contribution in [0.2, 0.25) is 0 Å². The third kappa shape index (κ3) is 2.55. The molecular formula is C7H2F4INO2. The van der Waals surface area contributed by atoms with Gasteiger partial charge < -0.3 is 0 Å². The normalized spacial score (nSPS) is 11.5. The van der Waals surface area contributed by atoms with E-state index in [0.717, 1.165) is 0 Å². The summed E-state index contributed by atoms with van der Waals surface area (Å²) in [5.41, 5.74) is -2.25. The summed E-state index contributed by atoms with van der Waals surface area (Å²) in [6, 6.07) is 0.541. The Morgan fingerprint density at radius 1 is 1.33 bits per heavy atom. The highest BCUT2D eigenvalue weighted by molar-refractivity contribution is 14.1. The number of nitro groups is 1. The average Bonchev–Trinajstić information content (AvgIpc) is 2.06. The number of hydrogen-bond acceptors (Lipinski definition) is 2. The van der Waals surface area contributed by atoms with Gasteiger partial charge in [0.15, 0.2) is 0 Å². The zero-order valence-electron chi connectivity index (χ0n) is 6.81. The number of halogens is 5. The first kappa shape index (κ1) is 12.1. The molecule has 0 aliphatic heterocycles. The second-order valence-corrected chi connectivity index (χ2v) is 3.62. The zero-order chi connectivity index (χ0) is 11.8. The fourth-order valence-electron chi connectivity index (χ4n) is 0.871. The van der Waals surface area contributed by atoms with E-state index < -0.39 is 31.7 Å². The van der Waals surface area contributed by atoms with E-state index in [2.05, 4.69) is 0 Å². The molecule has 1 aromatic carbocycles. The van der Waals surface area contributed by atoms with E-state index in [9.17, 15) is 27.7 Å². The summed E-state index contributed by atoms with van der Waals surface area (Å²) >= 11 is 1.28. The smallest absolute Gasteiger partial charge is 0.258 e. The predicted octanol–water partition coefficient (Wildman–Crippen LogP) is 3.36. The minimum atomic E-state index is -4.80. The van der Waals surface area contributed by atoms with Crippen molar-refractivity contribution in [1.29, 1.82) is 0 Å². The average molecular weight is 335 g/mol. The Bertz CT molecular complexity index is 418. The number of hydrogen-bond donors (Lipinski definition) is 0. The molecule has 1 rings (SSSR count). The minimum absolute atomic E-state index is 0.231. The lowest BCUT2D eigenvalue weighted by Crippen LogP contribution is -2.07. The van der Waals surface area contributed by atoms with Gasteiger partial charge in [-0.1, -0.05) is 0 Å². The van der Waals surface area contributed by atoms with Crippen LogP contribution in [0.4, 0.5) is 23.2 Å². The molecule has 8 heteroatoms. The maximum absolute atomic E-state index is 12.9. The largest absolute Gasteiger partial charge is 0.416 e. The Morgan fingerprint density at radius 3 is 2.27 bits per heavy atom. The summed E-state index contributed by atoms with van der Waals surface area (Å²) in [4.78, 5) is 9.26. The molecule has 0 aliphatic carbocycles. The summed E-state index contributed by atoms with van der Waals surface area (Å²) in [6.45, 7) is 0. The highest BCUT2D eigenvalue weighted by Crippen LogP contribution is 2.34. The molecule has 0 bridgehead atoms. The van der Waals surface area contributed by atoms with Crippen molar-refractivity contribution in [2.24, 2.45) is 0 Å². The maximum Gasteiger partial charge on any atom is 0.416 e. The molecule has 3 nitrogen and oxygen atoms in total. The number of benzene rings is 1. The van der Waals surface area contributed by atoms with Gasteiger partial charge in [0.2, 0.25) is 0 Å². The molecule has 1 aromatic rings. The molecule has 0 saturated carbocycles. The van der Waals surface area contributed by atoms with Crippen LogP contribution in [0.3, 0.4) is 0 Å². The van der Waals surface area contributed by atoms with Crippen LogP contribution in [0, 0.1) is 19.5 Å². The molecular weight excluding hydrogens is 333 g/mol. The lowest BCUT2D eigenvalue weighted by molar-refractivity contribution is -0.386. The highest BCUT2D eigenvalue weighted by atomic mass is 127. The molecule has 0 aliphatic rings. The molecule has 0 amide bonds. The molecule has 0 spiro atoms. The Balaban J connectivity index is 3.43. The van der Waals surface area contributed by atoms with Crippen molar-refractivity contribution in [2.45, 2.75) is 6.18 Å². The van der Waals surface area contributed by atoms with Crippen LogP contribution in [0.1, 0.15) is 5.56 Å². The summed E-state index contributed by atoms with van der Waals surface area (Å²) < 4.78 is 48.9. The molecule has 0 heterocycles. The minimum Gasteiger partial charge on any atom is -0.258 e. The van der Waals surface area contributed by atoms with Gasteiger partial charge in [0.1, 0.15) is 9.39 Å². The number of alkyl halides is 3. The van der Waals surface area contributed by atoms with Crippen LogP contribution in [0.15, 0.2) is 12.1 Å². The van der Waals surface area contributed by atoms with Gasteiger partial charge in [0, 0.05) is 6.07 Å². The second kappa shape index (κ2) is 3.91. The summed E-state index contributed by atoms with van der Waals surface area (Å²) in [5, 5.41) is 10.3. The van der Waals surface area contributed by atoms with Gasteiger partial charge in [-0.25, -0.2) is 4.39 Å². The topological polar surface area (TPSA) is 43.1 Å². The Labute approximate surface area is 94.4 Å². The van der Waals surface area contributed by atoms with E-state index in [1.54, 1.807) is 0 Å². The first-order valence-electron chi connectivity index (χ1n) is 3.44. The maximum atomic E-state index is 12.9. The zero-order valence-corrected chi connectivity index (χ0v) is 8.97. The first-order valence-corrected chi connectivity index (χ1v) is 4.52. The summed E-state index contributed by atoms with van der Waals surface area (Å²) in [6.07, 6.45) is -4.80. The molecule has 0 saturated heterocycles. The van der Waals surface area contributed by atoms with E-state index in [1.807, 2.05) is 0 Å². The molecule has 0 N–H and O–H groups in total. The molecule has 0 unspecified atom stereocenters. The standard InChI is InChI=1S/C7H2F4INO2/c8-4-1-3(7(9,10)11)2-5(6(4)12)13(14)15/h1-2H. The predicted molar refractivity (Wildman–Crippen MR) is 50.8 cm³/mol. The number of nitrogens with zero attached hydrogens (tertiary/aromatic N) is 1. The SMILES string of the molecule is O=[N+]([O-])c1cc(C(F)(F)F)cc(F)c1I. The Morgan fingerprint density at radius 2 is 1.87 bits per heavy atom. The van der Waals surface area contributed by atoms with Crippen molar-refractivity contribution in [3.8, 4) is 0 Å². The van der Waals surface area contributed by atoms with Crippen molar-refractivity contribution < 1.29 is 22.5 Å². The van der Waals surface area contributed by atoms with Gasteiger partial charge in [0.05, 0.1) is 10.5 Å². The molecule has 0 atom stereocenters. The number of rotatable bonds is 1. The van der Waals surface area contributed by atoms with Gasteiger partial charge in [-0.2, -0.15) is 13.2 Å². The van der Waals surface area contributed by atoms with Crippen molar-refractivity contribution in [3.63, 3.8) is 0 Å². The van der Waals surface area contributed by atoms with Crippen LogP contribution in [-0.4, -0.2) is 4.92 Å². The molecule has 15 heavy (non-hydrogen) atoms. The monoisotopic (exact) mass is 335 g/mol. The van der Waals surface area contributed by atoms with Crippen molar-refractivity contribution >= 4 is 28.3 Å². The van der Waals surface area contributed by atoms with Crippen molar-refractivity contribution in [3.05, 3.63) is 37.2 Å². The summed E-state index contributed by atoms with van der Waals surface area (Å²) in [5.74, 6) is -1.25. The lowest BCUT2D eigenvalue weighted by atomic mass is 10.2. The summed E-state index contributed by atoms with van der Waals surface area (Å²) in [7, 11) is 0. The number of nitro benzene ring substituents is 1. The second-order valence-electron chi connectivity index (χ2n) is 2.55. The molecule has 0 radical (unpaired) electrons. The third-order valence-corrected chi connectivity index (χ3v) is 2.60.